The van der Waals surface area contributed by atoms with Gasteiger partial charge in [0.2, 0.25) is 0 Å². The van der Waals surface area contributed by atoms with Crippen LogP contribution in [0.1, 0.15) is 16.7 Å². The number of benzene rings is 3. The van der Waals surface area contributed by atoms with Crippen LogP contribution in [0.4, 0.5) is 4.39 Å². The van der Waals surface area contributed by atoms with Crippen molar-refractivity contribution in [3.63, 3.8) is 0 Å². The first-order valence-electron chi connectivity index (χ1n) is 8.80. The lowest BCUT2D eigenvalue weighted by atomic mass is 10.1. The zero-order valence-electron chi connectivity index (χ0n) is 15.1. The molecule has 0 unspecified atom stereocenters. The van der Waals surface area contributed by atoms with E-state index in [2.05, 4.69) is 23.1 Å². The van der Waals surface area contributed by atoms with Crippen molar-refractivity contribution in [3.05, 3.63) is 102 Å². The lowest BCUT2D eigenvalue weighted by Crippen LogP contribution is -2.11. The summed E-state index contributed by atoms with van der Waals surface area (Å²) >= 11 is 0. The third kappa shape index (κ3) is 3.36. The minimum atomic E-state index is -0.277. The van der Waals surface area contributed by atoms with Gasteiger partial charge in [0, 0.05) is 23.2 Å². The minimum absolute atomic E-state index is 0.277. The van der Waals surface area contributed by atoms with Crippen LogP contribution in [0.2, 0.25) is 0 Å². The Morgan fingerprint density at radius 2 is 1.82 bits per heavy atom. The summed E-state index contributed by atoms with van der Waals surface area (Å²) in [5.74, 6) is -0.277. The third-order valence-electron chi connectivity index (χ3n) is 4.60. The number of aromatic nitrogens is 2. The first-order chi connectivity index (χ1) is 13.7. The SMILES string of the molecule is C=C(NCc1ccc(C#N)cc1)c1cccc2c1cnn2-c1ccc(F)cc1. The second-order valence-electron chi connectivity index (χ2n) is 6.41. The van der Waals surface area contributed by atoms with Crippen molar-refractivity contribution < 1.29 is 4.39 Å². The van der Waals surface area contributed by atoms with Crippen molar-refractivity contribution in [2.75, 3.05) is 0 Å². The number of rotatable bonds is 5. The number of nitriles is 1. The fourth-order valence-electron chi connectivity index (χ4n) is 3.10. The zero-order valence-corrected chi connectivity index (χ0v) is 15.1. The summed E-state index contributed by atoms with van der Waals surface area (Å²) in [5, 5.41) is 17.7. The molecule has 0 saturated heterocycles. The summed E-state index contributed by atoms with van der Waals surface area (Å²) in [7, 11) is 0. The normalized spacial score (nSPS) is 10.6. The van der Waals surface area contributed by atoms with Crippen molar-refractivity contribution in [1.29, 1.82) is 5.26 Å². The van der Waals surface area contributed by atoms with Gasteiger partial charge in [-0.3, -0.25) is 0 Å². The van der Waals surface area contributed by atoms with E-state index in [-0.39, 0.29) is 5.82 Å². The molecule has 1 heterocycles. The second-order valence-corrected chi connectivity index (χ2v) is 6.41. The van der Waals surface area contributed by atoms with Gasteiger partial charge in [-0.05, 0) is 48.0 Å². The predicted octanol–water partition coefficient (Wildman–Crippen LogP) is 4.80. The first kappa shape index (κ1) is 17.5. The van der Waals surface area contributed by atoms with Gasteiger partial charge in [-0.2, -0.15) is 10.4 Å². The van der Waals surface area contributed by atoms with Crippen LogP contribution < -0.4 is 5.32 Å². The van der Waals surface area contributed by atoms with Crippen molar-refractivity contribution >= 4 is 16.6 Å². The number of hydrogen-bond donors (Lipinski definition) is 1. The van der Waals surface area contributed by atoms with E-state index in [4.69, 9.17) is 5.26 Å². The molecule has 4 nitrogen and oxygen atoms in total. The van der Waals surface area contributed by atoms with Crippen molar-refractivity contribution in [2.24, 2.45) is 0 Å². The molecule has 0 aliphatic carbocycles. The van der Waals surface area contributed by atoms with Crippen LogP contribution >= 0.6 is 0 Å². The monoisotopic (exact) mass is 368 g/mol. The second kappa shape index (κ2) is 7.37. The zero-order chi connectivity index (χ0) is 19.5. The summed E-state index contributed by atoms with van der Waals surface area (Å²) in [5.41, 5.74) is 5.16. The van der Waals surface area contributed by atoms with Crippen LogP contribution in [-0.2, 0) is 6.54 Å². The molecule has 28 heavy (non-hydrogen) atoms. The van der Waals surface area contributed by atoms with E-state index in [1.54, 1.807) is 35.1 Å². The van der Waals surface area contributed by atoms with Gasteiger partial charge in [0.25, 0.3) is 0 Å². The highest BCUT2D eigenvalue weighted by Gasteiger charge is 2.10. The molecule has 0 fully saturated rings. The van der Waals surface area contributed by atoms with E-state index in [0.717, 1.165) is 33.4 Å². The van der Waals surface area contributed by atoms with Crippen LogP contribution in [0.25, 0.3) is 22.3 Å². The summed E-state index contributed by atoms with van der Waals surface area (Å²) in [6.07, 6.45) is 1.79. The maximum Gasteiger partial charge on any atom is 0.123 e. The van der Waals surface area contributed by atoms with Crippen LogP contribution in [0.15, 0.2) is 79.5 Å². The van der Waals surface area contributed by atoms with Crippen LogP contribution in [0, 0.1) is 17.1 Å². The molecule has 1 aromatic heterocycles. The molecular weight excluding hydrogens is 351 g/mol. The molecule has 1 N–H and O–H groups in total. The topological polar surface area (TPSA) is 53.6 Å². The maximum atomic E-state index is 13.2. The highest BCUT2D eigenvalue weighted by Crippen LogP contribution is 2.25. The number of halogens is 1. The van der Waals surface area contributed by atoms with Crippen molar-refractivity contribution in [1.82, 2.24) is 15.1 Å². The molecule has 0 bridgehead atoms. The van der Waals surface area contributed by atoms with Gasteiger partial charge in [0.15, 0.2) is 0 Å². The Labute approximate surface area is 162 Å². The van der Waals surface area contributed by atoms with E-state index >= 15 is 0 Å². The fraction of sp³-hybridized carbons (Fsp3) is 0.0435. The highest BCUT2D eigenvalue weighted by atomic mass is 19.1. The number of nitrogens with one attached hydrogen (secondary N) is 1. The van der Waals surface area contributed by atoms with Gasteiger partial charge in [0.1, 0.15) is 5.82 Å². The Morgan fingerprint density at radius 1 is 1.07 bits per heavy atom. The smallest absolute Gasteiger partial charge is 0.123 e. The highest BCUT2D eigenvalue weighted by molar-refractivity contribution is 5.91. The average molecular weight is 368 g/mol. The van der Waals surface area contributed by atoms with Crippen molar-refractivity contribution in [3.8, 4) is 11.8 Å². The minimum Gasteiger partial charge on any atom is -0.381 e. The van der Waals surface area contributed by atoms with E-state index in [1.165, 1.54) is 12.1 Å². The van der Waals surface area contributed by atoms with Gasteiger partial charge in [-0.15, -0.1) is 0 Å². The van der Waals surface area contributed by atoms with E-state index < -0.39 is 0 Å². The Balaban J connectivity index is 1.59. The van der Waals surface area contributed by atoms with Gasteiger partial charge in [0.05, 0.1) is 29.0 Å². The molecule has 0 saturated carbocycles. The molecule has 0 spiro atoms. The molecule has 0 aliphatic heterocycles. The van der Waals surface area contributed by atoms with Gasteiger partial charge < -0.3 is 5.32 Å². The molecule has 4 aromatic rings. The summed E-state index contributed by atoms with van der Waals surface area (Å²) < 4.78 is 15.0. The van der Waals surface area contributed by atoms with E-state index in [9.17, 15) is 4.39 Å². The Bertz CT molecular complexity index is 1180. The summed E-state index contributed by atoms with van der Waals surface area (Å²) in [6.45, 7) is 4.77. The van der Waals surface area contributed by atoms with E-state index in [1.807, 2.05) is 30.3 Å². The quantitative estimate of drug-likeness (QED) is 0.551. The molecule has 5 heteroatoms. The molecule has 0 radical (unpaired) electrons. The molecule has 0 amide bonds. The van der Waals surface area contributed by atoms with Gasteiger partial charge >= 0.3 is 0 Å². The van der Waals surface area contributed by atoms with Crippen LogP contribution in [-0.4, -0.2) is 9.78 Å². The fourth-order valence-corrected chi connectivity index (χ4v) is 3.10. The molecule has 136 valence electrons. The van der Waals surface area contributed by atoms with Crippen molar-refractivity contribution in [2.45, 2.75) is 6.54 Å². The van der Waals surface area contributed by atoms with Gasteiger partial charge in [-0.25, -0.2) is 9.07 Å². The Morgan fingerprint density at radius 3 is 2.54 bits per heavy atom. The van der Waals surface area contributed by atoms with Crippen LogP contribution in [0.5, 0.6) is 0 Å². The molecule has 4 rings (SSSR count). The molecule has 0 aliphatic rings. The molecule has 3 aromatic carbocycles. The van der Waals surface area contributed by atoms with Crippen LogP contribution in [0.3, 0.4) is 0 Å². The Kier molecular flexibility index (Phi) is 4.61. The number of fused-ring (bicyclic) bond motifs is 1. The van der Waals surface area contributed by atoms with E-state index in [0.29, 0.717) is 12.1 Å². The maximum absolute atomic E-state index is 13.2. The average Bonchev–Trinajstić information content (AvgIpc) is 3.17. The Hall–Kier alpha value is -3.91. The lowest BCUT2D eigenvalue weighted by Gasteiger charge is -2.11. The summed E-state index contributed by atoms with van der Waals surface area (Å²) in [6, 6.07) is 21.7. The molecule has 0 atom stereocenters. The number of nitrogens with zero attached hydrogens (tertiary/aromatic N) is 3. The number of hydrogen-bond acceptors (Lipinski definition) is 3. The predicted molar refractivity (Wildman–Crippen MR) is 108 cm³/mol. The first-order valence-corrected chi connectivity index (χ1v) is 8.80. The van der Waals surface area contributed by atoms with Gasteiger partial charge in [-0.1, -0.05) is 30.8 Å². The largest absolute Gasteiger partial charge is 0.381 e. The summed E-state index contributed by atoms with van der Waals surface area (Å²) in [4.78, 5) is 0. The third-order valence-corrected chi connectivity index (χ3v) is 4.60. The molecular formula is C23H17FN4. The lowest BCUT2D eigenvalue weighted by molar-refractivity contribution is 0.627. The standard InChI is InChI=1S/C23H17FN4/c1-16(26-14-18-7-5-17(13-25)6-8-18)21-3-2-4-23-22(21)15-27-28(23)20-11-9-19(24)10-12-20/h2-12,15,26H,1,14H2.